The number of imidazole rings is 1. The predicted octanol–water partition coefficient (Wildman–Crippen LogP) is 0.637. The van der Waals surface area contributed by atoms with Crippen LogP contribution in [0.15, 0.2) is 18.7 Å². The van der Waals surface area contributed by atoms with Crippen LogP contribution in [0.1, 0.15) is 32.1 Å². The molecule has 1 amide bonds. The van der Waals surface area contributed by atoms with Gasteiger partial charge in [-0.25, -0.2) is 17.7 Å². The molecule has 170 valence electrons. The molecule has 0 aliphatic carbocycles. The maximum absolute atomic E-state index is 12.6. The van der Waals surface area contributed by atoms with Crippen LogP contribution in [-0.4, -0.2) is 103 Å². The minimum Gasteiger partial charge on any atom is -0.381 e. The summed E-state index contributed by atoms with van der Waals surface area (Å²) in [6.07, 6.45) is 10.8. The van der Waals surface area contributed by atoms with Crippen molar-refractivity contribution in [3.8, 4) is 0 Å². The highest BCUT2D eigenvalue weighted by Crippen LogP contribution is 2.24. The van der Waals surface area contributed by atoms with Gasteiger partial charge in [-0.05, 0) is 25.7 Å². The van der Waals surface area contributed by atoms with Crippen LogP contribution in [0.2, 0.25) is 0 Å². The molecule has 2 aliphatic heterocycles. The fourth-order valence-electron chi connectivity index (χ4n) is 4.40. The highest BCUT2D eigenvalue weighted by atomic mass is 32.2. The fourth-order valence-corrected chi connectivity index (χ4v) is 5.30. The molecule has 9 nitrogen and oxygen atoms in total. The second-order valence-electron chi connectivity index (χ2n) is 8.36. The molecule has 2 saturated heterocycles. The third-order valence-electron chi connectivity index (χ3n) is 6.22. The minimum atomic E-state index is -3.19. The molecule has 0 saturated carbocycles. The molecule has 10 heteroatoms. The summed E-state index contributed by atoms with van der Waals surface area (Å²) in [6.45, 7) is 4.62. The zero-order chi connectivity index (χ0) is 21.6. The van der Waals surface area contributed by atoms with Gasteiger partial charge in [-0.1, -0.05) is 0 Å². The molecule has 1 aromatic heterocycles. The summed E-state index contributed by atoms with van der Waals surface area (Å²) in [6, 6.07) is 0.559. The Kier molecular flexibility index (Phi) is 8.27. The van der Waals surface area contributed by atoms with E-state index in [0.29, 0.717) is 38.6 Å². The zero-order valence-electron chi connectivity index (χ0n) is 18.1. The van der Waals surface area contributed by atoms with E-state index >= 15 is 0 Å². The third-order valence-corrected chi connectivity index (χ3v) is 7.49. The van der Waals surface area contributed by atoms with Gasteiger partial charge in [0, 0.05) is 83.9 Å². The van der Waals surface area contributed by atoms with Crippen molar-refractivity contribution in [2.24, 2.45) is 0 Å². The number of rotatable bonds is 9. The van der Waals surface area contributed by atoms with Gasteiger partial charge in [-0.2, -0.15) is 0 Å². The first kappa shape index (κ1) is 23.2. The molecular weight excluding hydrogens is 406 g/mol. The van der Waals surface area contributed by atoms with Crippen LogP contribution in [0.4, 0.5) is 0 Å². The van der Waals surface area contributed by atoms with E-state index in [1.165, 1.54) is 6.26 Å². The third kappa shape index (κ3) is 6.50. The summed E-state index contributed by atoms with van der Waals surface area (Å²) in [5.74, 6) is 0.108. The zero-order valence-corrected chi connectivity index (χ0v) is 19.0. The van der Waals surface area contributed by atoms with Gasteiger partial charge in [0.1, 0.15) is 0 Å². The van der Waals surface area contributed by atoms with Gasteiger partial charge >= 0.3 is 0 Å². The number of amides is 1. The molecule has 1 aromatic rings. The normalized spacial score (nSPS) is 21.8. The molecule has 1 atom stereocenters. The summed E-state index contributed by atoms with van der Waals surface area (Å²) in [4.78, 5) is 20.8. The molecule has 0 bridgehead atoms. The largest absolute Gasteiger partial charge is 0.381 e. The Labute approximate surface area is 180 Å². The number of aryl methyl sites for hydroxylation is 1. The Bertz CT molecular complexity index is 764. The smallest absolute Gasteiger partial charge is 0.224 e. The number of hydrogen-bond donors (Lipinski definition) is 0. The van der Waals surface area contributed by atoms with Gasteiger partial charge in [-0.3, -0.25) is 9.69 Å². The van der Waals surface area contributed by atoms with Gasteiger partial charge in [0.05, 0.1) is 12.6 Å². The molecule has 1 unspecified atom stereocenters. The van der Waals surface area contributed by atoms with Crippen LogP contribution < -0.4 is 0 Å². The average molecular weight is 442 g/mol. The van der Waals surface area contributed by atoms with E-state index in [2.05, 4.69) is 9.88 Å². The van der Waals surface area contributed by atoms with Gasteiger partial charge < -0.3 is 14.2 Å². The minimum absolute atomic E-state index is 0.108. The number of likely N-dealkylation sites (N-methyl/N-ethyl adjacent to an activating group) is 1. The van der Waals surface area contributed by atoms with Crippen LogP contribution in [0, 0.1) is 0 Å². The van der Waals surface area contributed by atoms with E-state index in [1.807, 2.05) is 17.8 Å². The van der Waals surface area contributed by atoms with Crippen LogP contribution in [0.25, 0.3) is 0 Å². The second kappa shape index (κ2) is 10.7. The Hall–Kier alpha value is -1.49. The molecule has 0 aromatic carbocycles. The van der Waals surface area contributed by atoms with Crippen LogP contribution >= 0.6 is 0 Å². The Morgan fingerprint density at radius 1 is 1.20 bits per heavy atom. The molecule has 0 spiro atoms. The van der Waals surface area contributed by atoms with Crippen molar-refractivity contribution in [2.45, 2.75) is 50.7 Å². The lowest BCUT2D eigenvalue weighted by molar-refractivity contribution is -0.130. The number of carbonyl (C=O) groups is 1. The lowest BCUT2D eigenvalue weighted by atomic mass is 9.99. The van der Waals surface area contributed by atoms with Gasteiger partial charge in [0.15, 0.2) is 0 Å². The summed E-state index contributed by atoms with van der Waals surface area (Å²) >= 11 is 0. The van der Waals surface area contributed by atoms with E-state index in [1.54, 1.807) is 21.7 Å². The summed E-state index contributed by atoms with van der Waals surface area (Å²) in [5.41, 5.74) is 0. The van der Waals surface area contributed by atoms with E-state index in [4.69, 9.17) is 4.74 Å². The molecule has 2 fully saturated rings. The second-order valence-corrected chi connectivity index (χ2v) is 10.3. The number of hydrogen-bond acceptors (Lipinski definition) is 6. The fraction of sp³-hybridized carbons (Fsp3) is 0.800. The first-order valence-electron chi connectivity index (χ1n) is 10.8. The number of aromatic nitrogens is 2. The highest BCUT2D eigenvalue weighted by molar-refractivity contribution is 7.88. The number of nitrogens with zero attached hydrogens (tertiary/aromatic N) is 5. The Morgan fingerprint density at radius 3 is 2.63 bits per heavy atom. The van der Waals surface area contributed by atoms with Crippen molar-refractivity contribution in [3.05, 3.63) is 18.7 Å². The molecule has 3 heterocycles. The van der Waals surface area contributed by atoms with Crippen molar-refractivity contribution in [1.82, 2.24) is 23.7 Å². The van der Waals surface area contributed by atoms with Crippen molar-refractivity contribution >= 4 is 15.9 Å². The summed E-state index contributed by atoms with van der Waals surface area (Å²) in [5, 5.41) is 0. The standard InChI is InChI=1S/C20H35N5O4S/c1-22(20(26)5-10-23-11-8-21-17-23)12-13-25(18-6-14-29-15-7-18)19-4-3-9-24(16-19)30(2,27)28/h8,11,17-19H,3-7,9-10,12-16H2,1-2H3. The first-order chi connectivity index (χ1) is 14.3. The van der Waals surface area contributed by atoms with Crippen LogP contribution in [-0.2, 0) is 26.1 Å². The molecular formula is C20H35N5O4S. The summed E-state index contributed by atoms with van der Waals surface area (Å²) < 4.78 is 33.2. The lowest BCUT2D eigenvalue weighted by Gasteiger charge is -2.44. The maximum Gasteiger partial charge on any atom is 0.224 e. The SMILES string of the molecule is CN(CCN(C1CCOCC1)C1CCCN(S(C)(=O)=O)C1)C(=O)CCn1ccnc1. The Balaban J connectivity index is 1.58. The summed E-state index contributed by atoms with van der Waals surface area (Å²) in [7, 11) is -1.34. The van der Waals surface area contributed by atoms with Crippen LogP contribution in [0.5, 0.6) is 0 Å². The first-order valence-corrected chi connectivity index (χ1v) is 12.7. The number of piperidine rings is 1. The van der Waals surface area contributed by atoms with Crippen molar-refractivity contribution in [3.63, 3.8) is 0 Å². The molecule has 0 N–H and O–H groups in total. The highest BCUT2D eigenvalue weighted by Gasteiger charge is 2.33. The predicted molar refractivity (Wildman–Crippen MR) is 114 cm³/mol. The monoisotopic (exact) mass is 441 g/mol. The quantitative estimate of drug-likeness (QED) is 0.559. The van der Waals surface area contributed by atoms with Crippen LogP contribution in [0.3, 0.4) is 0 Å². The maximum atomic E-state index is 12.6. The lowest BCUT2D eigenvalue weighted by Crippen LogP contribution is -2.55. The molecule has 30 heavy (non-hydrogen) atoms. The number of sulfonamides is 1. The molecule has 2 aliphatic rings. The van der Waals surface area contributed by atoms with Crippen molar-refractivity contribution < 1.29 is 17.9 Å². The van der Waals surface area contributed by atoms with E-state index in [9.17, 15) is 13.2 Å². The van der Waals surface area contributed by atoms with E-state index in [-0.39, 0.29) is 11.9 Å². The number of ether oxygens (including phenoxy) is 1. The van der Waals surface area contributed by atoms with E-state index < -0.39 is 10.0 Å². The van der Waals surface area contributed by atoms with Gasteiger partial charge in [0.25, 0.3) is 0 Å². The Morgan fingerprint density at radius 2 is 1.97 bits per heavy atom. The average Bonchev–Trinajstić information content (AvgIpc) is 3.26. The molecule has 3 rings (SSSR count). The topological polar surface area (TPSA) is 88.0 Å². The van der Waals surface area contributed by atoms with Gasteiger partial charge in [0.2, 0.25) is 15.9 Å². The van der Waals surface area contributed by atoms with Crippen molar-refractivity contribution in [2.75, 3.05) is 52.7 Å². The molecule has 0 radical (unpaired) electrons. The van der Waals surface area contributed by atoms with Gasteiger partial charge in [-0.15, -0.1) is 0 Å². The number of carbonyl (C=O) groups excluding carboxylic acids is 1. The van der Waals surface area contributed by atoms with Crippen molar-refractivity contribution in [1.29, 1.82) is 0 Å². The van der Waals surface area contributed by atoms with E-state index in [0.717, 1.165) is 45.4 Å².